The van der Waals surface area contributed by atoms with Gasteiger partial charge >= 0.3 is 0 Å². The van der Waals surface area contributed by atoms with Gasteiger partial charge in [0, 0.05) is 24.0 Å². The molecule has 1 rings (SSSR count). The van der Waals surface area contributed by atoms with E-state index in [-0.39, 0.29) is 5.56 Å². The van der Waals surface area contributed by atoms with Gasteiger partial charge in [0.1, 0.15) is 0 Å². The van der Waals surface area contributed by atoms with E-state index in [2.05, 4.69) is 28.5 Å². The first-order valence-corrected chi connectivity index (χ1v) is 6.99. The molecule has 20 heavy (non-hydrogen) atoms. The Labute approximate surface area is 121 Å². The summed E-state index contributed by atoms with van der Waals surface area (Å²) in [6.07, 6.45) is 8.34. The maximum absolute atomic E-state index is 11.1. The molecule has 0 saturated carbocycles. The summed E-state index contributed by atoms with van der Waals surface area (Å²) in [5.41, 5.74) is 5.53. The van der Waals surface area contributed by atoms with Crippen LogP contribution in [0.5, 0.6) is 0 Å². The molecule has 0 unspecified atom stereocenters. The first kappa shape index (κ1) is 17.9. The van der Waals surface area contributed by atoms with Crippen LogP contribution in [0.15, 0.2) is 52.2 Å². The molecule has 0 spiro atoms. The molecule has 1 heterocycles. The van der Waals surface area contributed by atoms with Gasteiger partial charge in [-0.1, -0.05) is 32.9 Å². The second-order valence-corrected chi connectivity index (χ2v) is 3.83. The molecule has 0 saturated heterocycles. The summed E-state index contributed by atoms with van der Waals surface area (Å²) >= 11 is 0. The van der Waals surface area contributed by atoms with E-state index in [0.717, 1.165) is 23.3 Å². The Hall–Kier alpha value is -2.10. The van der Waals surface area contributed by atoms with Gasteiger partial charge in [0.25, 0.3) is 0 Å². The average molecular weight is 275 g/mol. The zero-order valence-corrected chi connectivity index (χ0v) is 13.0. The Morgan fingerprint density at radius 3 is 2.60 bits per heavy atom. The van der Waals surface area contributed by atoms with Crippen LogP contribution in [0.2, 0.25) is 0 Å². The number of aromatic amines is 1. The van der Waals surface area contributed by atoms with Gasteiger partial charge in [0.2, 0.25) is 5.56 Å². The maximum Gasteiger partial charge on any atom is 0.247 e. The highest BCUT2D eigenvalue weighted by Crippen LogP contribution is 2.07. The molecule has 0 aliphatic rings. The van der Waals surface area contributed by atoms with Crippen molar-refractivity contribution in [2.45, 2.75) is 41.0 Å². The number of H-pyrrole nitrogens is 1. The topological polar surface area (TPSA) is 57.2 Å². The van der Waals surface area contributed by atoms with Crippen LogP contribution in [0.25, 0.3) is 0 Å². The van der Waals surface area contributed by atoms with Gasteiger partial charge in [0.15, 0.2) is 0 Å². The normalized spacial score (nSPS) is 12.1. The number of nitrogens with zero attached hydrogens (tertiary/aromatic N) is 1. The first-order valence-electron chi connectivity index (χ1n) is 6.99. The zero-order valence-electron chi connectivity index (χ0n) is 13.0. The molecule has 0 aromatic carbocycles. The Morgan fingerprint density at radius 2 is 2.10 bits per heavy atom. The predicted octanol–water partition coefficient (Wildman–Crippen LogP) is 3.58. The average Bonchev–Trinajstić information content (AvgIpc) is 2.47. The number of pyridine rings is 1. The van der Waals surface area contributed by atoms with Crippen molar-refractivity contribution in [2.24, 2.45) is 5.10 Å². The third-order valence-corrected chi connectivity index (χ3v) is 2.36. The molecule has 2 N–H and O–H groups in total. The van der Waals surface area contributed by atoms with Gasteiger partial charge in [-0.15, -0.1) is 0 Å². The van der Waals surface area contributed by atoms with Gasteiger partial charge < -0.3 is 4.98 Å². The van der Waals surface area contributed by atoms with Crippen molar-refractivity contribution in [1.29, 1.82) is 0 Å². The van der Waals surface area contributed by atoms with E-state index in [1.165, 1.54) is 6.07 Å². The third kappa shape index (κ3) is 6.18. The summed E-state index contributed by atoms with van der Waals surface area (Å²) in [4.78, 5) is 13.7. The van der Waals surface area contributed by atoms with Gasteiger partial charge in [-0.25, -0.2) is 0 Å². The van der Waals surface area contributed by atoms with E-state index in [0.29, 0.717) is 0 Å². The molecule has 0 fully saturated rings. The highest BCUT2D eigenvalue weighted by molar-refractivity contribution is 6.11. The van der Waals surface area contributed by atoms with Crippen molar-refractivity contribution in [3.63, 3.8) is 0 Å². The minimum Gasteiger partial charge on any atom is -0.328 e. The molecule has 0 amide bonds. The number of nitrogens with one attached hydrogen (secondary N) is 2. The van der Waals surface area contributed by atoms with Crippen molar-refractivity contribution < 1.29 is 0 Å². The summed E-state index contributed by atoms with van der Waals surface area (Å²) in [6, 6.07) is 3.27. The van der Waals surface area contributed by atoms with E-state index >= 15 is 0 Å². The predicted molar refractivity (Wildman–Crippen MR) is 86.9 cm³/mol. The summed E-state index contributed by atoms with van der Waals surface area (Å²) in [5, 5.41) is 4.32. The Balaban J connectivity index is 0.00000172. The van der Waals surface area contributed by atoms with Crippen LogP contribution in [0.1, 0.15) is 46.6 Å². The van der Waals surface area contributed by atoms with Gasteiger partial charge in [-0.3, -0.25) is 10.2 Å². The molecular formula is C16H25N3O. The third-order valence-electron chi connectivity index (χ3n) is 2.36. The molecule has 0 radical (unpaired) electrons. The van der Waals surface area contributed by atoms with Crippen LogP contribution in [-0.4, -0.2) is 10.7 Å². The summed E-state index contributed by atoms with van der Waals surface area (Å²) in [5.74, 6) is 0. The molecule has 0 atom stereocenters. The van der Waals surface area contributed by atoms with E-state index in [1.807, 2.05) is 33.8 Å². The molecule has 4 heteroatoms. The minimum atomic E-state index is -0.114. The lowest BCUT2D eigenvalue weighted by molar-refractivity contribution is 0.962. The second kappa shape index (κ2) is 10.8. The number of hydrazone groups is 1. The summed E-state index contributed by atoms with van der Waals surface area (Å²) in [6.45, 7) is 10.00. The Bertz CT molecular complexity index is 504. The lowest BCUT2D eigenvalue weighted by Gasteiger charge is -2.06. The number of rotatable bonds is 5. The van der Waals surface area contributed by atoms with Crippen LogP contribution >= 0.6 is 0 Å². The molecule has 0 aliphatic heterocycles. The molecule has 110 valence electrons. The Kier molecular flexibility index (Phi) is 9.66. The summed E-state index contributed by atoms with van der Waals surface area (Å²) in [7, 11) is 0. The smallest absolute Gasteiger partial charge is 0.247 e. The van der Waals surface area contributed by atoms with Crippen molar-refractivity contribution in [3.05, 3.63) is 58.2 Å². The fourth-order valence-corrected chi connectivity index (χ4v) is 1.52. The largest absolute Gasteiger partial charge is 0.328 e. The standard InChI is InChI=1S/C14H19N3O.C2H6/c1-4-6-11(3)14(17-16-9-5-2)12-7-8-13(18)15-10-12;1-2/h5-10,16H,4H2,1-3H3,(H,15,18);1-2H3/b9-5+,11-6+,17-14+;. The highest BCUT2D eigenvalue weighted by Gasteiger charge is 2.05. The van der Waals surface area contributed by atoms with Crippen LogP contribution < -0.4 is 11.0 Å². The molecule has 4 nitrogen and oxygen atoms in total. The van der Waals surface area contributed by atoms with Gasteiger partial charge in [-0.2, -0.15) is 5.10 Å². The molecule has 0 aliphatic carbocycles. The highest BCUT2D eigenvalue weighted by atomic mass is 16.1. The first-order chi connectivity index (χ1) is 9.69. The number of allylic oxidation sites excluding steroid dienone is 3. The molecular weight excluding hydrogens is 250 g/mol. The van der Waals surface area contributed by atoms with E-state index in [4.69, 9.17) is 0 Å². The van der Waals surface area contributed by atoms with Gasteiger partial charge in [0.05, 0.1) is 5.71 Å². The number of aromatic nitrogens is 1. The molecule has 1 aromatic heterocycles. The van der Waals surface area contributed by atoms with Crippen LogP contribution in [0.4, 0.5) is 0 Å². The number of hydrogen-bond acceptors (Lipinski definition) is 3. The zero-order chi connectivity index (χ0) is 15.4. The van der Waals surface area contributed by atoms with E-state index in [9.17, 15) is 4.79 Å². The monoisotopic (exact) mass is 275 g/mol. The quantitative estimate of drug-likeness (QED) is 0.637. The van der Waals surface area contributed by atoms with Crippen LogP contribution in [-0.2, 0) is 0 Å². The summed E-state index contributed by atoms with van der Waals surface area (Å²) < 4.78 is 0. The molecule has 1 aromatic rings. The van der Waals surface area contributed by atoms with Gasteiger partial charge in [-0.05, 0) is 31.9 Å². The maximum atomic E-state index is 11.1. The molecule has 0 bridgehead atoms. The lowest BCUT2D eigenvalue weighted by Crippen LogP contribution is -2.11. The van der Waals surface area contributed by atoms with E-state index < -0.39 is 0 Å². The lowest BCUT2D eigenvalue weighted by atomic mass is 10.0. The number of hydrogen-bond donors (Lipinski definition) is 2. The van der Waals surface area contributed by atoms with Crippen molar-refractivity contribution in [1.82, 2.24) is 10.4 Å². The van der Waals surface area contributed by atoms with E-state index in [1.54, 1.807) is 18.5 Å². The second-order valence-electron chi connectivity index (χ2n) is 3.83. The van der Waals surface area contributed by atoms with Crippen molar-refractivity contribution in [3.8, 4) is 0 Å². The van der Waals surface area contributed by atoms with Crippen LogP contribution in [0, 0.1) is 0 Å². The fraction of sp³-hybridized carbons (Fsp3) is 0.375. The van der Waals surface area contributed by atoms with Crippen molar-refractivity contribution in [2.75, 3.05) is 0 Å². The van der Waals surface area contributed by atoms with Crippen molar-refractivity contribution >= 4 is 5.71 Å². The van der Waals surface area contributed by atoms with Crippen LogP contribution in [0.3, 0.4) is 0 Å². The minimum absolute atomic E-state index is 0.114. The Morgan fingerprint density at radius 1 is 1.40 bits per heavy atom. The fourth-order valence-electron chi connectivity index (χ4n) is 1.52. The SMILES string of the molecule is C/C=C/N/N=C(\C(C)=C\CC)c1ccc(=O)[nH]c1.CC.